The van der Waals surface area contributed by atoms with Crippen LogP contribution in [0, 0.1) is 23.0 Å². The van der Waals surface area contributed by atoms with Gasteiger partial charge in [-0.3, -0.25) is 39.4 Å². The number of H-pyrrole nitrogens is 1. The maximum atomic E-state index is 16.2. The molecule has 1 unspecified atom stereocenters. The van der Waals surface area contributed by atoms with Gasteiger partial charge in [0.1, 0.15) is 17.7 Å². The number of amides is 4. The summed E-state index contributed by atoms with van der Waals surface area (Å²) in [6, 6.07) is 7.53. The zero-order valence-corrected chi connectivity index (χ0v) is 32.0. The Labute approximate surface area is 331 Å². The van der Waals surface area contributed by atoms with Crippen LogP contribution in [0.1, 0.15) is 87.2 Å². The summed E-state index contributed by atoms with van der Waals surface area (Å²) < 4.78 is 60.3. The molecule has 15 heteroatoms. The van der Waals surface area contributed by atoms with Gasteiger partial charge in [0.2, 0.25) is 11.8 Å². The molecule has 2 N–H and O–H groups in total. The maximum Gasteiger partial charge on any atom is 0.262 e. The fourth-order valence-electron chi connectivity index (χ4n) is 11.0. The molecule has 4 aromatic rings. The molecule has 1 spiro atoms. The fourth-order valence-corrected chi connectivity index (χ4v) is 11.0. The number of nitrogens with one attached hydrogen (secondary N) is 2. The summed E-state index contributed by atoms with van der Waals surface area (Å²) in [6.07, 6.45) is 2.97. The lowest BCUT2D eigenvalue weighted by Crippen LogP contribution is -2.58. The number of aromatic nitrogens is 2. The minimum Gasteiger partial charge on any atom is -0.371 e. The van der Waals surface area contributed by atoms with Gasteiger partial charge in [0, 0.05) is 67.2 Å². The number of fused-ring (bicyclic) bond motifs is 5. The van der Waals surface area contributed by atoms with Crippen molar-refractivity contribution >= 4 is 40.2 Å². The van der Waals surface area contributed by atoms with E-state index < -0.39 is 60.3 Å². The summed E-state index contributed by atoms with van der Waals surface area (Å²) in [4.78, 5) is 57.8. The normalized spacial score (nSPS) is 24.8. The quantitative estimate of drug-likeness (QED) is 0.195. The third-order valence-corrected chi connectivity index (χ3v) is 13.7. The molecule has 5 aliphatic heterocycles. The lowest BCUT2D eigenvalue weighted by atomic mass is 9.76. The minimum atomic E-state index is -2.67. The Morgan fingerprint density at radius 2 is 1.59 bits per heavy atom. The Morgan fingerprint density at radius 1 is 0.914 bits per heavy atom. The van der Waals surface area contributed by atoms with Crippen molar-refractivity contribution in [3.8, 4) is 0 Å². The molecule has 3 saturated heterocycles. The molecule has 6 heterocycles. The predicted octanol–water partition coefficient (Wildman–Crippen LogP) is 5.16. The second-order valence-electron chi connectivity index (χ2n) is 17.4. The van der Waals surface area contributed by atoms with E-state index in [1.807, 2.05) is 24.0 Å². The first-order chi connectivity index (χ1) is 27.9. The van der Waals surface area contributed by atoms with Gasteiger partial charge in [0.15, 0.2) is 0 Å². The highest BCUT2D eigenvalue weighted by molar-refractivity contribution is 6.23. The zero-order valence-electron chi connectivity index (χ0n) is 32.0. The van der Waals surface area contributed by atoms with Crippen molar-refractivity contribution in [1.82, 2.24) is 30.2 Å². The Morgan fingerprint density at radius 3 is 2.22 bits per heavy atom. The monoisotopic (exact) mass is 797 g/mol. The summed E-state index contributed by atoms with van der Waals surface area (Å²) in [5.41, 5.74) is 5.29. The molecule has 3 atom stereocenters. The van der Waals surface area contributed by atoms with Crippen LogP contribution in [0.25, 0.3) is 10.9 Å². The lowest BCUT2D eigenvalue weighted by Gasteiger charge is -2.50. The smallest absolute Gasteiger partial charge is 0.262 e. The number of piperidine rings is 2. The van der Waals surface area contributed by atoms with Crippen LogP contribution < -0.4 is 10.2 Å². The Bertz CT molecular complexity index is 2330. The number of rotatable bonds is 7. The van der Waals surface area contributed by atoms with Crippen LogP contribution in [0.2, 0.25) is 0 Å². The number of hydrogen-bond donors (Lipinski definition) is 2. The molecule has 3 fully saturated rings. The summed E-state index contributed by atoms with van der Waals surface area (Å²) in [5, 5.41) is 10.1. The number of alkyl halides is 2. The van der Waals surface area contributed by atoms with Crippen molar-refractivity contribution in [2.75, 3.05) is 44.2 Å². The summed E-state index contributed by atoms with van der Waals surface area (Å²) in [6.45, 7) is 5.18. The van der Waals surface area contributed by atoms with E-state index in [-0.39, 0.29) is 29.9 Å². The van der Waals surface area contributed by atoms with Gasteiger partial charge in [-0.1, -0.05) is 6.07 Å². The highest BCUT2D eigenvalue weighted by Gasteiger charge is 2.50. The van der Waals surface area contributed by atoms with E-state index in [2.05, 4.69) is 20.4 Å². The van der Waals surface area contributed by atoms with Gasteiger partial charge < -0.3 is 9.80 Å². The van der Waals surface area contributed by atoms with Crippen LogP contribution in [-0.4, -0.2) is 106 Å². The molecule has 6 aliphatic rings. The number of likely N-dealkylation sites (tertiary alicyclic amines) is 1. The second kappa shape index (κ2) is 13.7. The van der Waals surface area contributed by atoms with Gasteiger partial charge in [0.05, 0.1) is 35.4 Å². The molecule has 1 aliphatic carbocycles. The standard InChI is InChI=1S/C43H43F4N7O4/c1-22-10-28-27(2-3-34-31(28)17-48-50-34)39(53(22)19-36(46)47)38-32(44)13-26(14-33(38)45)52-8-6-23(7-9-52)18-51-20-43(21-51)15-24-11-29-30(12-25(24)16-43)42(58)54(41(29)57)35-4-5-37(55)49-40(35)56/h2-3,11-14,17,22-23,35-36,39H,4-10,15-16,18-21H2,1H3,(H,48,50)(H,49,55,56)/t22-,35?,39+/m1/s1. The molecule has 3 aromatic carbocycles. The van der Waals surface area contributed by atoms with Gasteiger partial charge in [-0.25, -0.2) is 17.6 Å². The first-order valence-corrected chi connectivity index (χ1v) is 20.2. The van der Waals surface area contributed by atoms with E-state index in [4.69, 9.17) is 0 Å². The number of aromatic amines is 1. The summed E-state index contributed by atoms with van der Waals surface area (Å²) in [5.74, 6) is -3.09. The van der Waals surface area contributed by atoms with E-state index >= 15 is 8.78 Å². The molecule has 302 valence electrons. The minimum absolute atomic E-state index is 0.0381. The van der Waals surface area contributed by atoms with Crippen molar-refractivity contribution in [3.05, 3.63) is 93.2 Å². The Balaban J connectivity index is 0.776. The number of benzene rings is 3. The van der Waals surface area contributed by atoms with Gasteiger partial charge in [-0.15, -0.1) is 0 Å². The van der Waals surface area contributed by atoms with E-state index in [9.17, 15) is 28.0 Å². The van der Waals surface area contributed by atoms with Gasteiger partial charge >= 0.3 is 0 Å². The van der Waals surface area contributed by atoms with Crippen molar-refractivity contribution < 1.29 is 36.7 Å². The molecule has 10 rings (SSSR count). The summed E-state index contributed by atoms with van der Waals surface area (Å²) >= 11 is 0. The molecule has 11 nitrogen and oxygen atoms in total. The number of imide groups is 2. The second-order valence-corrected chi connectivity index (χ2v) is 17.4. The number of carbonyl (C=O) groups is 4. The van der Waals surface area contributed by atoms with Crippen LogP contribution in [0.4, 0.5) is 23.2 Å². The molecular formula is C43H43F4N7O4. The van der Waals surface area contributed by atoms with Crippen LogP contribution in [0.15, 0.2) is 42.6 Å². The molecule has 1 aromatic heterocycles. The number of hydrogen-bond acceptors (Lipinski definition) is 8. The van der Waals surface area contributed by atoms with Crippen LogP contribution in [-0.2, 0) is 28.9 Å². The average molecular weight is 798 g/mol. The first-order valence-electron chi connectivity index (χ1n) is 20.2. The summed E-state index contributed by atoms with van der Waals surface area (Å²) in [7, 11) is 0. The van der Waals surface area contributed by atoms with Gasteiger partial charge in [0.25, 0.3) is 18.2 Å². The molecule has 58 heavy (non-hydrogen) atoms. The number of anilines is 1. The Kier molecular flexibility index (Phi) is 8.79. The van der Waals surface area contributed by atoms with Gasteiger partial charge in [-0.2, -0.15) is 5.10 Å². The third kappa shape index (κ3) is 6.02. The molecular weight excluding hydrogens is 755 g/mol. The number of carbonyl (C=O) groups excluding carboxylic acids is 4. The van der Waals surface area contributed by atoms with Crippen LogP contribution in [0.5, 0.6) is 0 Å². The highest BCUT2D eigenvalue weighted by atomic mass is 19.3. The van der Waals surface area contributed by atoms with Gasteiger partial charge in [-0.05, 0) is 104 Å². The zero-order chi connectivity index (χ0) is 40.2. The largest absolute Gasteiger partial charge is 0.371 e. The average Bonchev–Trinajstić information content (AvgIpc) is 3.86. The maximum absolute atomic E-state index is 16.2. The van der Waals surface area contributed by atoms with Crippen molar-refractivity contribution in [2.24, 2.45) is 11.3 Å². The lowest BCUT2D eigenvalue weighted by molar-refractivity contribution is -0.136. The Hall–Kier alpha value is -5.15. The van der Waals surface area contributed by atoms with E-state index in [0.29, 0.717) is 47.8 Å². The SMILES string of the molecule is C[C@@H]1Cc2c(ccc3[nH]ncc23)[C@@H](c2c(F)cc(N3CCC(CN4CC5(Cc6cc7c(cc6C5)C(=O)N(C5CCC(=O)NC5=O)C7=O)C4)CC3)cc2F)N1CC(F)F. The van der Waals surface area contributed by atoms with Crippen LogP contribution >= 0.6 is 0 Å². The van der Waals surface area contributed by atoms with Crippen molar-refractivity contribution in [3.63, 3.8) is 0 Å². The molecule has 0 bridgehead atoms. The van der Waals surface area contributed by atoms with E-state index in [1.165, 1.54) is 17.0 Å². The fraction of sp³-hybridized carbons (Fsp3) is 0.465. The van der Waals surface area contributed by atoms with E-state index in [0.717, 1.165) is 77.8 Å². The topological polar surface area (TPSA) is 122 Å². The molecule has 4 amide bonds. The van der Waals surface area contributed by atoms with Crippen molar-refractivity contribution in [1.29, 1.82) is 0 Å². The van der Waals surface area contributed by atoms with E-state index in [1.54, 1.807) is 18.3 Å². The van der Waals surface area contributed by atoms with Crippen molar-refractivity contribution in [2.45, 2.75) is 76.4 Å². The third-order valence-electron chi connectivity index (χ3n) is 13.7. The molecule has 0 saturated carbocycles. The highest BCUT2D eigenvalue weighted by Crippen LogP contribution is 2.47. The number of halogens is 4. The first kappa shape index (κ1) is 37.1. The molecule has 0 radical (unpaired) electrons. The van der Waals surface area contributed by atoms with Crippen LogP contribution in [0.3, 0.4) is 0 Å². The predicted molar refractivity (Wildman–Crippen MR) is 205 cm³/mol. The number of nitrogens with zero attached hydrogens (tertiary/aromatic N) is 5.